The van der Waals surface area contributed by atoms with Crippen molar-refractivity contribution < 1.29 is 0 Å². The first-order valence-electron chi connectivity index (χ1n) is 6.86. The molecule has 1 saturated heterocycles. The smallest absolute Gasteiger partial charge is 0.186 e. The molecular formula is C15H18ClN3S. The second-order valence-electron chi connectivity index (χ2n) is 5.20. The molecule has 1 aliphatic heterocycles. The molecule has 1 unspecified atom stereocenters. The van der Waals surface area contributed by atoms with Crippen LogP contribution in [0.4, 0.5) is 5.13 Å². The van der Waals surface area contributed by atoms with Crippen LogP contribution in [0.25, 0.3) is 0 Å². The second-order valence-corrected chi connectivity index (χ2v) is 6.43. The van der Waals surface area contributed by atoms with Crippen LogP contribution >= 0.6 is 22.9 Å². The van der Waals surface area contributed by atoms with Gasteiger partial charge in [0.1, 0.15) is 5.15 Å². The molecule has 1 aliphatic rings. The molecule has 3 rings (SSSR count). The van der Waals surface area contributed by atoms with Gasteiger partial charge in [-0.25, -0.2) is 4.98 Å². The van der Waals surface area contributed by atoms with Gasteiger partial charge in [0.05, 0.1) is 0 Å². The van der Waals surface area contributed by atoms with Crippen LogP contribution in [0.5, 0.6) is 0 Å². The van der Waals surface area contributed by atoms with Crippen LogP contribution in [0, 0.1) is 0 Å². The van der Waals surface area contributed by atoms with Crippen LogP contribution in [0.2, 0.25) is 5.15 Å². The minimum absolute atomic E-state index is 0.520. The lowest BCUT2D eigenvalue weighted by atomic mass is 10.1. The third-order valence-electron chi connectivity index (χ3n) is 3.73. The van der Waals surface area contributed by atoms with Crippen molar-refractivity contribution in [3.8, 4) is 0 Å². The van der Waals surface area contributed by atoms with Gasteiger partial charge in [-0.3, -0.25) is 4.90 Å². The first-order chi connectivity index (χ1) is 9.72. The van der Waals surface area contributed by atoms with Gasteiger partial charge in [-0.05, 0) is 12.5 Å². The van der Waals surface area contributed by atoms with Gasteiger partial charge in [0.2, 0.25) is 0 Å². The van der Waals surface area contributed by atoms with Crippen molar-refractivity contribution in [1.29, 1.82) is 0 Å². The van der Waals surface area contributed by atoms with Gasteiger partial charge in [-0.1, -0.05) is 41.9 Å². The van der Waals surface area contributed by atoms with E-state index in [1.165, 1.54) is 5.56 Å². The summed E-state index contributed by atoms with van der Waals surface area (Å²) in [6, 6.07) is 11.2. The summed E-state index contributed by atoms with van der Waals surface area (Å²) in [5.41, 5.74) is 1.38. The molecule has 0 bridgehead atoms. The van der Waals surface area contributed by atoms with E-state index in [2.05, 4.69) is 52.0 Å². The lowest BCUT2D eigenvalue weighted by molar-refractivity contribution is 0.181. The highest BCUT2D eigenvalue weighted by Gasteiger charge is 2.25. The molecule has 1 atom stereocenters. The zero-order valence-electron chi connectivity index (χ0n) is 11.5. The molecular weight excluding hydrogens is 290 g/mol. The molecule has 3 nitrogen and oxygen atoms in total. The van der Waals surface area contributed by atoms with E-state index in [4.69, 9.17) is 11.6 Å². The second kappa shape index (κ2) is 6.12. The zero-order chi connectivity index (χ0) is 13.9. The Hall–Kier alpha value is -1.10. The summed E-state index contributed by atoms with van der Waals surface area (Å²) in [7, 11) is 0. The first-order valence-corrected chi connectivity index (χ1v) is 8.12. The molecule has 0 N–H and O–H groups in total. The van der Waals surface area contributed by atoms with Gasteiger partial charge in [-0.2, -0.15) is 0 Å². The van der Waals surface area contributed by atoms with E-state index >= 15 is 0 Å². The number of thiazole rings is 1. The van der Waals surface area contributed by atoms with Crippen LogP contribution in [-0.4, -0.2) is 35.6 Å². The molecule has 106 valence electrons. The number of aromatic nitrogens is 1. The number of benzene rings is 1. The van der Waals surface area contributed by atoms with Gasteiger partial charge < -0.3 is 4.90 Å². The lowest BCUT2D eigenvalue weighted by Crippen LogP contribution is -2.51. The molecule has 5 heteroatoms. The van der Waals surface area contributed by atoms with Crippen LogP contribution in [-0.2, 0) is 6.54 Å². The van der Waals surface area contributed by atoms with Gasteiger partial charge in [0.15, 0.2) is 5.13 Å². The summed E-state index contributed by atoms with van der Waals surface area (Å²) in [5, 5.41) is 3.54. The fourth-order valence-corrected chi connectivity index (χ4v) is 3.60. The number of piperazine rings is 1. The topological polar surface area (TPSA) is 19.4 Å². The predicted molar refractivity (Wildman–Crippen MR) is 85.7 cm³/mol. The Kier molecular flexibility index (Phi) is 4.24. The van der Waals surface area contributed by atoms with Crippen molar-refractivity contribution in [3.63, 3.8) is 0 Å². The van der Waals surface area contributed by atoms with E-state index in [9.17, 15) is 0 Å². The molecule has 0 amide bonds. The average Bonchev–Trinajstić information content (AvgIpc) is 2.89. The monoisotopic (exact) mass is 307 g/mol. The van der Waals surface area contributed by atoms with Crippen molar-refractivity contribution >= 4 is 28.1 Å². The molecule has 1 aromatic carbocycles. The molecule has 1 fully saturated rings. The highest BCUT2D eigenvalue weighted by atomic mass is 35.5. The third-order valence-corrected chi connectivity index (χ3v) is 4.95. The molecule has 1 aromatic heterocycles. The summed E-state index contributed by atoms with van der Waals surface area (Å²) < 4.78 is 0. The molecule has 2 aromatic rings. The van der Waals surface area contributed by atoms with Gasteiger partial charge in [0, 0.05) is 37.6 Å². The largest absolute Gasteiger partial charge is 0.345 e. The normalized spacial score (nSPS) is 20.3. The first kappa shape index (κ1) is 13.9. The van der Waals surface area contributed by atoms with E-state index in [-0.39, 0.29) is 0 Å². The van der Waals surface area contributed by atoms with Crippen molar-refractivity contribution in [2.75, 3.05) is 24.5 Å². The van der Waals surface area contributed by atoms with Gasteiger partial charge in [0.25, 0.3) is 0 Å². The quantitative estimate of drug-likeness (QED) is 0.865. The van der Waals surface area contributed by atoms with Crippen LogP contribution in [0.3, 0.4) is 0 Å². The third kappa shape index (κ3) is 3.14. The molecule has 0 radical (unpaired) electrons. The fraction of sp³-hybridized carbons (Fsp3) is 0.400. The maximum absolute atomic E-state index is 5.91. The lowest BCUT2D eigenvalue weighted by Gasteiger charge is -2.39. The number of hydrogen-bond donors (Lipinski definition) is 0. The molecule has 0 saturated carbocycles. The molecule has 2 heterocycles. The number of nitrogens with zero attached hydrogens (tertiary/aromatic N) is 3. The Morgan fingerprint density at radius 2 is 2.10 bits per heavy atom. The summed E-state index contributed by atoms with van der Waals surface area (Å²) in [5.74, 6) is 0. The van der Waals surface area contributed by atoms with Crippen LogP contribution in [0.15, 0.2) is 35.7 Å². The van der Waals surface area contributed by atoms with Crippen LogP contribution in [0.1, 0.15) is 12.5 Å². The van der Waals surface area contributed by atoms with Gasteiger partial charge >= 0.3 is 0 Å². The Labute approximate surface area is 128 Å². The summed E-state index contributed by atoms with van der Waals surface area (Å²) in [6.07, 6.45) is 0. The number of rotatable bonds is 3. The number of halogens is 1. The van der Waals surface area contributed by atoms with Crippen LogP contribution < -0.4 is 4.90 Å². The fourth-order valence-electron chi connectivity index (χ4n) is 2.61. The highest BCUT2D eigenvalue weighted by Crippen LogP contribution is 2.26. The van der Waals surface area contributed by atoms with E-state index < -0.39 is 0 Å². The molecule has 0 aliphatic carbocycles. The summed E-state index contributed by atoms with van der Waals surface area (Å²) in [6.45, 7) is 6.39. The average molecular weight is 308 g/mol. The number of hydrogen-bond acceptors (Lipinski definition) is 4. The summed E-state index contributed by atoms with van der Waals surface area (Å²) in [4.78, 5) is 9.23. The highest BCUT2D eigenvalue weighted by molar-refractivity contribution is 7.14. The summed E-state index contributed by atoms with van der Waals surface area (Å²) >= 11 is 7.54. The van der Waals surface area contributed by atoms with Crippen molar-refractivity contribution in [1.82, 2.24) is 9.88 Å². The van der Waals surface area contributed by atoms with E-state index in [1.807, 2.05) is 5.38 Å². The molecule has 0 spiro atoms. The minimum atomic E-state index is 0.520. The SMILES string of the molecule is CC1CN(c2nc(Cl)cs2)CCN1Cc1ccccc1. The standard InChI is InChI=1S/C15H18ClN3S/c1-12-9-19(15-17-14(16)11-20-15)8-7-18(12)10-13-5-3-2-4-6-13/h2-6,11-12H,7-10H2,1H3. The minimum Gasteiger partial charge on any atom is -0.345 e. The Balaban J connectivity index is 1.62. The predicted octanol–water partition coefficient (Wildman–Crippen LogP) is 3.51. The maximum Gasteiger partial charge on any atom is 0.186 e. The van der Waals surface area contributed by atoms with Gasteiger partial charge in [-0.15, -0.1) is 11.3 Å². The Morgan fingerprint density at radius 3 is 2.75 bits per heavy atom. The van der Waals surface area contributed by atoms with E-state index in [1.54, 1.807) is 11.3 Å². The maximum atomic E-state index is 5.91. The Bertz CT molecular complexity index is 557. The Morgan fingerprint density at radius 1 is 1.30 bits per heavy atom. The van der Waals surface area contributed by atoms with Crippen molar-refractivity contribution in [2.24, 2.45) is 0 Å². The van der Waals surface area contributed by atoms with Crippen molar-refractivity contribution in [3.05, 3.63) is 46.4 Å². The van der Waals surface area contributed by atoms with E-state index in [0.29, 0.717) is 11.2 Å². The van der Waals surface area contributed by atoms with Crippen molar-refractivity contribution in [2.45, 2.75) is 19.5 Å². The zero-order valence-corrected chi connectivity index (χ0v) is 13.1. The number of anilines is 1. The molecule has 20 heavy (non-hydrogen) atoms. The van der Waals surface area contributed by atoms with E-state index in [0.717, 1.165) is 31.3 Å².